The summed E-state index contributed by atoms with van der Waals surface area (Å²) in [5.41, 5.74) is 0.431. The lowest BCUT2D eigenvalue weighted by Crippen LogP contribution is -2.50. The van der Waals surface area contributed by atoms with Gasteiger partial charge in [0.25, 0.3) is 5.91 Å². The molecule has 41 heavy (non-hydrogen) atoms. The molecule has 216 valence electrons. The van der Waals surface area contributed by atoms with Crippen molar-refractivity contribution in [1.82, 2.24) is 9.62 Å². The number of nitrogens with one attached hydrogen (secondary N) is 1. The van der Waals surface area contributed by atoms with Crippen molar-refractivity contribution in [3.05, 3.63) is 100 Å². The number of hydrogen-bond acceptors (Lipinski definition) is 9. The van der Waals surface area contributed by atoms with Gasteiger partial charge in [-0.1, -0.05) is 42.5 Å². The maximum atomic E-state index is 13.8. The van der Waals surface area contributed by atoms with Gasteiger partial charge < -0.3 is 30.5 Å². The molecule has 3 aromatic carbocycles. The predicted octanol–water partition coefficient (Wildman–Crippen LogP) is 3.47. The minimum absolute atomic E-state index is 0.0197. The molecule has 0 aliphatic carbocycles. The van der Waals surface area contributed by atoms with Gasteiger partial charge in [-0.25, -0.2) is 8.42 Å². The number of methoxy groups -OCH3 is 1. The van der Waals surface area contributed by atoms with Crippen LogP contribution in [0, 0.1) is 0 Å². The average Bonchev–Trinajstić information content (AvgIpc) is 3.49. The number of rotatable bonds is 12. The number of aliphatic hydroxyl groups excluding tert-OH is 1. The van der Waals surface area contributed by atoms with E-state index >= 15 is 0 Å². The van der Waals surface area contributed by atoms with E-state index < -0.39 is 45.3 Å². The molecule has 0 saturated carbocycles. The number of aliphatic hydroxyl groups is 1. The molecule has 1 amide bonds. The van der Waals surface area contributed by atoms with E-state index in [4.69, 9.17) is 4.74 Å². The summed E-state index contributed by atoms with van der Waals surface area (Å²) in [6.45, 7) is -0.394. The third-order valence-corrected chi connectivity index (χ3v) is 9.10. The maximum Gasteiger partial charge on any atom is 0.255 e. The number of sulfonamides is 1. The minimum atomic E-state index is -4.12. The van der Waals surface area contributed by atoms with Crippen molar-refractivity contribution in [2.75, 3.05) is 13.7 Å². The molecule has 0 spiro atoms. The summed E-state index contributed by atoms with van der Waals surface area (Å²) in [5, 5.41) is 45.7. The Balaban J connectivity index is 1.66. The van der Waals surface area contributed by atoms with Gasteiger partial charge in [0.1, 0.15) is 5.75 Å². The summed E-state index contributed by atoms with van der Waals surface area (Å²) in [5.74, 6) is -2.77. The van der Waals surface area contributed by atoms with Gasteiger partial charge in [-0.05, 0) is 47.7 Å². The molecule has 0 unspecified atom stereocenters. The first-order chi connectivity index (χ1) is 19.6. The van der Waals surface area contributed by atoms with Crippen LogP contribution in [0.2, 0.25) is 0 Å². The monoisotopic (exact) mass is 598 g/mol. The second-order valence-corrected chi connectivity index (χ2v) is 12.2. The fourth-order valence-electron chi connectivity index (χ4n) is 4.22. The van der Waals surface area contributed by atoms with E-state index in [1.807, 2.05) is 11.4 Å². The highest BCUT2D eigenvalue weighted by molar-refractivity contribution is 7.89. The molecule has 2 atom stereocenters. The molecular formula is C29H30N2O8S2. The van der Waals surface area contributed by atoms with Gasteiger partial charge in [0, 0.05) is 24.0 Å². The van der Waals surface area contributed by atoms with Crippen LogP contribution in [0.1, 0.15) is 20.8 Å². The van der Waals surface area contributed by atoms with Gasteiger partial charge in [-0.15, -0.1) is 11.3 Å². The van der Waals surface area contributed by atoms with Crippen LogP contribution < -0.4 is 10.1 Å². The van der Waals surface area contributed by atoms with Crippen molar-refractivity contribution >= 4 is 27.3 Å². The van der Waals surface area contributed by atoms with E-state index in [1.165, 1.54) is 30.6 Å². The molecule has 4 aromatic rings. The Bertz CT molecular complexity index is 1580. The molecule has 1 aromatic heterocycles. The smallest absolute Gasteiger partial charge is 0.255 e. The summed E-state index contributed by atoms with van der Waals surface area (Å²) < 4.78 is 33.9. The van der Waals surface area contributed by atoms with Crippen LogP contribution in [0.25, 0.3) is 0 Å². The lowest BCUT2D eigenvalue weighted by atomic mass is 10.00. The SMILES string of the molecule is COc1cccc(S(=O)(=O)N(Cc2cccs2)C[C@@H](O)[C@H](Cc2ccccc2)NC(=O)c2ccc(O)c(O)c2O)c1. The zero-order chi connectivity index (χ0) is 29.6. The minimum Gasteiger partial charge on any atom is -0.504 e. The van der Waals surface area contributed by atoms with Gasteiger partial charge in [-0.2, -0.15) is 4.31 Å². The predicted molar refractivity (Wildman–Crippen MR) is 154 cm³/mol. The van der Waals surface area contributed by atoms with E-state index in [-0.39, 0.29) is 30.0 Å². The van der Waals surface area contributed by atoms with E-state index in [0.717, 1.165) is 26.9 Å². The van der Waals surface area contributed by atoms with Gasteiger partial charge in [-0.3, -0.25) is 4.79 Å². The molecule has 0 bridgehead atoms. The molecule has 0 aliphatic heterocycles. The zero-order valence-electron chi connectivity index (χ0n) is 22.0. The van der Waals surface area contributed by atoms with Crippen molar-refractivity contribution in [2.45, 2.75) is 30.0 Å². The summed E-state index contributed by atoms with van der Waals surface area (Å²) >= 11 is 1.37. The zero-order valence-corrected chi connectivity index (χ0v) is 23.7. The third kappa shape index (κ3) is 7.16. The molecular weight excluding hydrogens is 568 g/mol. The van der Waals surface area contributed by atoms with E-state index in [1.54, 1.807) is 48.5 Å². The fraction of sp³-hybridized carbons (Fsp3) is 0.207. The Hall–Kier alpha value is -4.10. The van der Waals surface area contributed by atoms with Crippen LogP contribution in [0.4, 0.5) is 0 Å². The molecule has 1 heterocycles. The van der Waals surface area contributed by atoms with Gasteiger partial charge >= 0.3 is 0 Å². The van der Waals surface area contributed by atoms with E-state index in [9.17, 15) is 33.6 Å². The Labute approximate surface area is 241 Å². The lowest BCUT2D eigenvalue weighted by molar-refractivity contribution is 0.0776. The van der Waals surface area contributed by atoms with Crippen molar-refractivity contribution in [2.24, 2.45) is 0 Å². The molecule has 5 N–H and O–H groups in total. The Kier molecular flexibility index (Phi) is 9.50. The normalized spacial score (nSPS) is 13.0. The molecule has 4 rings (SSSR count). The van der Waals surface area contributed by atoms with Crippen LogP contribution in [0.3, 0.4) is 0 Å². The van der Waals surface area contributed by atoms with Crippen molar-refractivity contribution in [3.8, 4) is 23.0 Å². The summed E-state index contributed by atoms with van der Waals surface area (Å²) in [6, 6.07) is 19.8. The number of carbonyl (C=O) groups is 1. The first kappa shape index (κ1) is 29.9. The standard InChI is InChI=1S/C29H30N2O8S2/c1-39-20-9-5-11-22(16-20)41(37,38)31(17-21-10-6-14-40-21)18-26(33)24(15-19-7-3-2-4-8-19)30-29(36)23-12-13-25(32)28(35)27(23)34/h2-14,16,24,26,32-35H,15,17-18H2,1H3,(H,30,36)/t24-,26+/m0/s1. The lowest BCUT2D eigenvalue weighted by Gasteiger charge is -2.30. The number of benzene rings is 3. The first-order valence-electron chi connectivity index (χ1n) is 12.5. The maximum absolute atomic E-state index is 13.8. The summed E-state index contributed by atoms with van der Waals surface area (Å²) in [6.07, 6.45) is -1.27. The topological polar surface area (TPSA) is 157 Å². The van der Waals surface area contributed by atoms with Gasteiger partial charge in [0.2, 0.25) is 15.8 Å². The van der Waals surface area contributed by atoms with Crippen molar-refractivity contribution in [3.63, 3.8) is 0 Å². The highest BCUT2D eigenvalue weighted by atomic mass is 32.2. The molecule has 0 fully saturated rings. The van der Waals surface area contributed by atoms with E-state index in [2.05, 4.69) is 5.32 Å². The highest BCUT2D eigenvalue weighted by Gasteiger charge is 2.32. The van der Waals surface area contributed by atoms with Gasteiger partial charge in [0.15, 0.2) is 11.5 Å². The number of aromatic hydroxyl groups is 3. The summed E-state index contributed by atoms with van der Waals surface area (Å²) in [7, 11) is -2.69. The summed E-state index contributed by atoms with van der Waals surface area (Å²) in [4.78, 5) is 13.9. The quantitative estimate of drug-likeness (QED) is 0.155. The number of thiophene rings is 1. The number of phenols is 3. The highest BCUT2D eigenvalue weighted by Crippen LogP contribution is 2.37. The fourth-order valence-corrected chi connectivity index (χ4v) is 6.49. The third-order valence-electron chi connectivity index (χ3n) is 6.44. The number of carbonyl (C=O) groups excluding carboxylic acids is 1. The van der Waals surface area contributed by atoms with Crippen LogP contribution in [-0.2, 0) is 23.0 Å². The largest absolute Gasteiger partial charge is 0.504 e. The molecule has 12 heteroatoms. The second-order valence-electron chi connectivity index (χ2n) is 9.22. The van der Waals surface area contributed by atoms with Crippen LogP contribution >= 0.6 is 11.3 Å². The Morgan fingerprint density at radius 1 is 0.976 bits per heavy atom. The Morgan fingerprint density at radius 3 is 2.41 bits per heavy atom. The van der Waals surface area contributed by atoms with Crippen molar-refractivity contribution < 1.29 is 38.4 Å². The number of nitrogens with zero attached hydrogens (tertiary/aromatic N) is 1. The van der Waals surface area contributed by atoms with Crippen LogP contribution in [0.15, 0.2) is 89.1 Å². The molecule has 0 saturated heterocycles. The molecule has 10 nitrogen and oxygen atoms in total. The first-order valence-corrected chi connectivity index (χ1v) is 14.9. The Morgan fingerprint density at radius 2 is 1.73 bits per heavy atom. The van der Waals surface area contributed by atoms with Crippen LogP contribution in [-0.4, -0.2) is 64.9 Å². The number of ether oxygens (including phenoxy) is 1. The van der Waals surface area contributed by atoms with E-state index in [0.29, 0.717) is 5.75 Å². The number of amides is 1. The number of phenolic OH excluding ortho intramolecular Hbond substituents is 3. The van der Waals surface area contributed by atoms with Crippen molar-refractivity contribution in [1.29, 1.82) is 0 Å². The number of hydrogen-bond donors (Lipinski definition) is 5. The molecule has 0 aliphatic rings. The molecule has 0 radical (unpaired) electrons. The van der Waals surface area contributed by atoms with Crippen LogP contribution in [0.5, 0.6) is 23.0 Å². The van der Waals surface area contributed by atoms with Gasteiger partial charge in [0.05, 0.1) is 29.7 Å². The average molecular weight is 599 g/mol. The second kappa shape index (κ2) is 13.0.